The molecule has 0 radical (unpaired) electrons. The highest BCUT2D eigenvalue weighted by Crippen LogP contribution is 2.45. The fourth-order valence-electron chi connectivity index (χ4n) is 3.59. The summed E-state index contributed by atoms with van der Waals surface area (Å²) in [6.07, 6.45) is 3.84. The molecule has 0 bridgehead atoms. The Morgan fingerprint density at radius 1 is 0.950 bits per heavy atom. The average molecular weight is 276 g/mol. The van der Waals surface area contributed by atoms with Crippen molar-refractivity contribution in [1.29, 1.82) is 0 Å². The summed E-state index contributed by atoms with van der Waals surface area (Å²) < 4.78 is 17.0. The van der Waals surface area contributed by atoms with Crippen LogP contribution in [0.3, 0.4) is 0 Å². The van der Waals surface area contributed by atoms with Crippen LogP contribution in [0.1, 0.15) is 36.8 Å². The Bertz CT molecular complexity index is 509. The van der Waals surface area contributed by atoms with Gasteiger partial charge >= 0.3 is 0 Å². The van der Waals surface area contributed by atoms with E-state index in [0.717, 1.165) is 37.2 Å². The van der Waals surface area contributed by atoms with E-state index in [-0.39, 0.29) is 0 Å². The van der Waals surface area contributed by atoms with Crippen LogP contribution in [-0.4, -0.2) is 30.7 Å². The third kappa shape index (κ3) is 1.94. The van der Waals surface area contributed by atoms with Crippen molar-refractivity contribution in [1.82, 2.24) is 0 Å². The minimum absolute atomic E-state index is 0.425. The van der Waals surface area contributed by atoms with Gasteiger partial charge in [0, 0.05) is 19.3 Å². The van der Waals surface area contributed by atoms with Gasteiger partial charge in [-0.1, -0.05) is 6.07 Å². The van der Waals surface area contributed by atoms with Crippen molar-refractivity contribution in [2.24, 2.45) is 0 Å². The first-order valence-corrected chi connectivity index (χ1v) is 7.46. The lowest BCUT2D eigenvalue weighted by Gasteiger charge is -2.40. The predicted octanol–water partition coefficient (Wildman–Crippen LogP) is 2.13. The van der Waals surface area contributed by atoms with E-state index in [1.807, 2.05) is 12.1 Å². The topological polar surface area (TPSA) is 47.9 Å². The second-order valence-corrected chi connectivity index (χ2v) is 6.06. The van der Waals surface area contributed by atoms with Crippen molar-refractivity contribution in [2.45, 2.75) is 43.5 Å². The van der Waals surface area contributed by atoms with E-state index in [0.29, 0.717) is 26.1 Å². The number of aliphatic hydroxyl groups is 1. The molecule has 20 heavy (non-hydrogen) atoms. The van der Waals surface area contributed by atoms with Crippen LogP contribution in [0, 0.1) is 0 Å². The molecule has 0 unspecified atom stereocenters. The molecule has 1 aromatic carbocycles. The zero-order valence-corrected chi connectivity index (χ0v) is 11.6. The summed E-state index contributed by atoms with van der Waals surface area (Å²) in [7, 11) is 0. The van der Waals surface area contributed by atoms with E-state index < -0.39 is 11.4 Å². The van der Waals surface area contributed by atoms with Crippen LogP contribution in [0.4, 0.5) is 0 Å². The Morgan fingerprint density at radius 2 is 1.70 bits per heavy atom. The van der Waals surface area contributed by atoms with Crippen LogP contribution >= 0.6 is 0 Å². The zero-order valence-electron chi connectivity index (χ0n) is 11.6. The van der Waals surface area contributed by atoms with Crippen LogP contribution in [-0.2, 0) is 21.5 Å². The summed E-state index contributed by atoms with van der Waals surface area (Å²) in [5.41, 5.74) is 1.47. The third-order valence-corrected chi connectivity index (χ3v) is 4.88. The summed E-state index contributed by atoms with van der Waals surface area (Å²) in [6, 6.07) is 6.10. The van der Waals surface area contributed by atoms with E-state index in [2.05, 4.69) is 6.07 Å². The van der Waals surface area contributed by atoms with Crippen LogP contribution < -0.4 is 4.74 Å². The lowest BCUT2D eigenvalue weighted by Crippen LogP contribution is -2.42. The highest BCUT2D eigenvalue weighted by atomic mass is 16.7. The molecular weight excluding hydrogens is 256 g/mol. The fourth-order valence-corrected chi connectivity index (χ4v) is 3.59. The first-order valence-electron chi connectivity index (χ1n) is 7.46. The molecule has 4 rings (SSSR count). The van der Waals surface area contributed by atoms with Gasteiger partial charge in [0.05, 0.1) is 25.4 Å². The van der Waals surface area contributed by atoms with Gasteiger partial charge in [0.25, 0.3) is 0 Å². The molecule has 3 aliphatic rings. The Balaban J connectivity index is 1.56. The molecule has 4 heteroatoms. The fraction of sp³-hybridized carbons (Fsp3) is 0.625. The molecule has 108 valence electrons. The Labute approximate surface area is 118 Å². The maximum atomic E-state index is 11.0. The summed E-state index contributed by atoms with van der Waals surface area (Å²) in [5, 5.41) is 11.0. The van der Waals surface area contributed by atoms with E-state index in [9.17, 15) is 5.11 Å². The van der Waals surface area contributed by atoms with Crippen LogP contribution in [0.5, 0.6) is 5.75 Å². The van der Waals surface area contributed by atoms with Crippen LogP contribution in [0.2, 0.25) is 0 Å². The van der Waals surface area contributed by atoms with E-state index >= 15 is 0 Å². The molecule has 0 amide bonds. The van der Waals surface area contributed by atoms with Gasteiger partial charge in [0.1, 0.15) is 5.75 Å². The van der Waals surface area contributed by atoms with Crippen LogP contribution in [0.25, 0.3) is 0 Å². The number of fused-ring (bicyclic) bond motifs is 1. The quantitative estimate of drug-likeness (QED) is 0.853. The number of ether oxygens (including phenoxy) is 3. The first kappa shape index (κ1) is 12.6. The molecule has 2 heterocycles. The Morgan fingerprint density at radius 3 is 2.45 bits per heavy atom. The minimum atomic E-state index is -0.752. The monoisotopic (exact) mass is 276 g/mol. The van der Waals surface area contributed by atoms with E-state index in [4.69, 9.17) is 14.2 Å². The third-order valence-electron chi connectivity index (χ3n) is 4.88. The molecule has 1 saturated carbocycles. The van der Waals surface area contributed by atoms with Gasteiger partial charge in [-0.05, 0) is 36.1 Å². The normalized spacial score (nSPS) is 26.4. The summed E-state index contributed by atoms with van der Waals surface area (Å²) in [4.78, 5) is 0. The molecule has 1 aromatic rings. The lowest BCUT2D eigenvalue weighted by molar-refractivity contribution is -0.204. The largest absolute Gasteiger partial charge is 0.493 e. The molecule has 2 aliphatic heterocycles. The van der Waals surface area contributed by atoms with Gasteiger partial charge in [-0.15, -0.1) is 0 Å². The number of hydrogen-bond acceptors (Lipinski definition) is 4. The maximum absolute atomic E-state index is 11.0. The average Bonchev–Trinajstić information content (AvgIpc) is 3.11. The summed E-state index contributed by atoms with van der Waals surface area (Å²) in [6.45, 7) is 2.10. The molecular formula is C16H20O4. The van der Waals surface area contributed by atoms with E-state index in [1.165, 1.54) is 5.56 Å². The smallest absolute Gasteiger partial charge is 0.168 e. The van der Waals surface area contributed by atoms with Crippen molar-refractivity contribution >= 4 is 0 Å². The molecule has 1 saturated heterocycles. The molecule has 1 aliphatic carbocycles. The minimum Gasteiger partial charge on any atom is -0.493 e. The molecule has 1 N–H and O–H groups in total. The molecule has 2 fully saturated rings. The van der Waals surface area contributed by atoms with Gasteiger partial charge in [-0.25, -0.2) is 0 Å². The Kier molecular flexibility index (Phi) is 2.81. The van der Waals surface area contributed by atoms with Gasteiger partial charge < -0.3 is 19.3 Å². The standard InChI is InChI=1S/C16H20O4/c17-15(4-6-16(7-5-15)19-9-10-20-16)13-1-2-14-12(11-13)3-8-18-14/h1-2,11,17H,3-10H2. The predicted molar refractivity (Wildman–Crippen MR) is 72.6 cm³/mol. The van der Waals surface area contributed by atoms with E-state index in [1.54, 1.807) is 0 Å². The van der Waals surface area contributed by atoms with Gasteiger partial charge in [-0.2, -0.15) is 0 Å². The van der Waals surface area contributed by atoms with Crippen molar-refractivity contribution in [3.8, 4) is 5.75 Å². The van der Waals surface area contributed by atoms with Crippen molar-refractivity contribution in [2.75, 3.05) is 19.8 Å². The van der Waals surface area contributed by atoms with Crippen molar-refractivity contribution in [3.05, 3.63) is 29.3 Å². The maximum Gasteiger partial charge on any atom is 0.168 e. The molecule has 1 spiro atoms. The molecule has 0 aromatic heterocycles. The second-order valence-electron chi connectivity index (χ2n) is 6.06. The zero-order chi connectivity index (χ0) is 13.6. The highest BCUT2D eigenvalue weighted by molar-refractivity contribution is 5.41. The number of hydrogen-bond donors (Lipinski definition) is 1. The first-order chi connectivity index (χ1) is 9.69. The highest BCUT2D eigenvalue weighted by Gasteiger charge is 2.46. The SMILES string of the molecule is OC1(c2ccc3c(c2)CCO3)CCC2(CC1)OCCO2. The van der Waals surface area contributed by atoms with Gasteiger partial charge in [0.2, 0.25) is 0 Å². The number of benzene rings is 1. The van der Waals surface area contributed by atoms with Gasteiger partial charge in [0.15, 0.2) is 5.79 Å². The van der Waals surface area contributed by atoms with Crippen LogP contribution in [0.15, 0.2) is 18.2 Å². The van der Waals surface area contributed by atoms with Crippen molar-refractivity contribution < 1.29 is 19.3 Å². The second kappa shape index (κ2) is 4.45. The number of rotatable bonds is 1. The lowest BCUT2D eigenvalue weighted by atomic mass is 9.76. The Hall–Kier alpha value is -1.10. The molecule has 4 nitrogen and oxygen atoms in total. The molecule has 0 atom stereocenters. The summed E-state index contributed by atoms with van der Waals surface area (Å²) in [5.74, 6) is 0.540. The summed E-state index contributed by atoms with van der Waals surface area (Å²) >= 11 is 0. The van der Waals surface area contributed by atoms with Crippen molar-refractivity contribution in [3.63, 3.8) is 0 Å². The van der Waals surface area contributed by atoms with Gasteiger partial charge in [-0.3, -0.25) is 0 Å².